The molecule has 0 saturated carbocycles. The Labute approximate surface area is 286 Å². The van der Waals surface area contributed by atoms with Gasteiger partial charge in [0.15, 0.2) is 6.29 Å². The molecule has 5 N–H and O–H groups in total. The van der Waals surface area contributed by atoms with Crippen molar-refractivity contribution in [1.29, 1.82) is 0 Å². The van der Waals surface area contributed by atoms with Crippen molar-refractivity contribution in [3.05, 3.63) is 95.6 Å². The van der Waals surface area contributed by atoms with Crippen molar-refractivity contribution in [3.8, 4) is 0 Å². The van der Waals surface area contributed by atoms with Gasteiger partial charge in [-0.25, -0.2) is 5.48 Å². The normalized spacial score (nSPS) is 22.1. The van der Waals surface area contributed by atoms with Crippen LogP contribution >= 0.6 is 0 Å². The smallest absolute Gasteiger partial charge is 0.247 e. The molecule has 1 spiro atoms. The summed E-state index contributed by atoms with van der Waals surface area (Å²) in [7, 11) is 0. The molecule has 3 aromatic carbocycles. The van der Waals surface area contributed by atoms with Gasteiger partial charge in [0.05, 0.1) is 25.5 Å². The largest absolute Gasteiger partial charge is 0.392 e. The van der Waals surface area contributed by atoms with Crippen LogP contribution in [0.1, 0.15) is 74.0 Å². The van der Waals surface area contributed by atoms with Crippen LogP contribution in [0.25, 0.3) is 0 Å². The predicted molar refractivity (Wildman–Crippen MR) is 182 cm³/mol. The SMILES string of the molecule is O=C(CCCCC(=O)Nc1cccc(C2OC(CN3CCC4(CC3)C(=O)NCN4c3ccccc3)CC(c3ccc(CO)cc3)O2)c1)NO. The van der Waals surface area contributed by atoms with Crippen LogP contribution in [0.4, 0.5) is 11.4 Å². The maximum absolute atomic E-state index is 13.2. The Kier molecular flexibility index (Phi) is 11.2. The van der Waals surface area contributed by atoms with E-state index in [4.69, 9.17) is 14.7 Å². The van der Waals surface area contributed by atoms with Gasteiger partial charge in [0.2, 0.25) is 17.7 Å². The van der Waals surface area contributed by atoms with Gasteiger partial charge in [0.25, 0.3) is 0 Å². The van der Waals surface area contributed by atoms with Gasteiger partial charge in [-0.05, 0) is 61.1 Å². The van der Waals surface area contributed by atoms with Gasteiger partial charge in [-0.15, -0.1) is 0 Å². The lowest BCUT2D eigenvalue weighted by atomic mass is 9.85. The Balaban J connectivity index is 1.13. The number of para-hydroxylation sites is 1. The number of nitrogens with zero attached hydrogens (tertiary/aromatic N) is 2. The summed E-state index contributed by atoms with van der Waals surface area (Å²) in [4.78, 5) is 41.6. The van der Waals surface area contributed by atoms with Gasteiger partial charge in [0, 0.05) is 55.8 Å². The maximum atomic E-state index is 13.2. The molecule has 3 unspecified atom stereocenters. The van der Waals surface area contributed by atoms with Crippen molar-refractivity contribution < 1.29 is 34.2 Å². The standard InChI is InChI=1S/C37H45N5O7/c43-24-26-13-15-27(16-14-26)32-22-31(23-41-19-17-37(18-20-41)36(46)38-25-42(37)30-9-2-1-3-10-30)48-35(49-32)28-7-6-8-29(21-28)39-33(44)11-4-5-12-34(45)40-47/h1-3,6-10,13-16,21,31-32,35,43,47H,4-5,11-12,17-20,22-25H2,(H,38,46)(H,39,44)(H,40,45). The van der Waals surface area contributed by atoms with Crippen molar-refractivity contribution in [2.75, 3.05) is 36.5 Å². The fourth-order valence-electron chi connectivity index (χ4n) is 7.07. The van der Waals surface area contributed by atoms with Crippen LogP contribution in [0.15, 0.2) is 78.9 Å². The number of ether oxygens (including phenoxy) is 2. The highest BCUT2D eigenvalue weighted by Crippen LogP contribution is 2.40. The van der Waals surface area contributed by atoms with Crippen LogP contribution in [-0.2, 0) is 30.5 Å². The first-order valence-corrected chi connectivity index (χ1v) is 17.0. The van der Waals surface area contributed by atoms with E-state index in [0.717, 1.165) is 35.5 Å². The van der Waals surface area contributed by atoms with Crippen molar-refractivity contribution in [3.63, 3.8) is 0 Å². The molecule has 260 valence electrons. The molecule has 3 saturated heterocycles. The van der Waals surface area contributed by atoms with E-state index in [9.17, 15) is 19.5 Å². The van der Waals surface area contributed by atoms with Crippen molar-refractivity contribution in [2.45, 2.75) is 75.6 Å². The summed E-state index contributed by atoms with van der Waals surface area (Å²) in [5.74, 6) is -0.552. The Bertz CT molecular complexity index is 1580. The first-order valence-electron chi connectivity index (χ1n) is 17.0. The molecule has 12 heteroatoms. The summed E-state index contributed by atoms with van der Waals surface area (Å²) in [6, 6.07) is 25.3. The zero-order chi connectivity index (χ0) is 34.2. The highest BCUT2D eigenvalue weighted by Gasteiger charge is 2.50. The van der Waals surface area contributed by atoms with E-state index in [1.54, 1.807) is 5.48 Å². The molecule has 3 aliphatic heterocycles. The van der Waals surface area contributed by atoms with Gasteiger partial charge in [-0.1, -0.05) is 54.6 Å². The minimum absolute atomic E-state index is 0.0349. The lowest BCUT2D eigenvalue weighted by molar-refractivity contribution is -0.253. The molecule has 0 bridgehead atoms. The molecule has 12 nitrogen and oxygen atoms in total. The molecule has 3 fully saturated rings. The first kappa shape index (κ1) is 34.5. The molecule has 3 heterocycles. The van der Waals surface area contributed by atoms with E-state index >= 15 is 0 Å². The number of carbonyl (C=O) groups excluding carboxylic acids is 3. The number of aliphatic hydroxyl groups excluding tert-OH is 1. The number of carbonyl (C=O) groups is 3. The molecule has 3 aromatic rings. The number of amides is 3. The lowest BCUT2D eigenvalue weighted by Gasteiger charge is -2.45. The van der Waals surface area contributed by atoms with Crippen molar-refractivity contribution >= 4 is 29.1 Å². The second-order valence-corrected chi connectivity index (χ2v) is 13.0. The van der Waals surface area contributed by atoms with Crippen LogP contribution in [0.5, 0.6) is 0 Å². The van der Waals surface area contributed by atoms with Crippen LogP contribution in [-0.4, -0.2) is 70.9 Å². The number of unbranched alkanes of at least 4 members (excludes halogenated alkanes) is 1. The minimum atomic E-state index is -0.680. The molecule has 49 heavy (non-hydrogen) atoms. The fourth-order valence-corrected chi connectivity index (χ4v) is 7.07. The van der Waals surface area contributed by atoms with E-state index < -0.39 is 17.7 Å². The lowest BCUT2D eigenvalue weighted by Crippen LogP contribution is -2.57. The summed E-state index contributed by atoms with van der Waals surface area (Å²) >= 11 is 0. The van der Waals surface area contributed by atoms with Crippen LogP contribution < -0.4 is 21.0 Å². The number of anilines is 2. The number of aliphatic hydroxyl groups is 1. The Morgan fingerprint density at radius 1 is 0.898 bits per heavy atom. The molecular weight excluding hydrogens is 626 g/mol. The number of benzene rings is 3. The zero-order valence-electron chi connectivity index (χ0n) is 27.6. The molecule has 0 aromatic heterocycles. The van der Waals surface area contributed by atoms with Crippen LogP contribution in [0.3, 0.4) is 0 Å². The average molecular weight is 672 g/mol. The summed E-state index contributed by atoms with van der Waals surface area (Å²) in [5, 5.41) is 24.2. The second kappa shape index (κ2) is 15.9. The molecule has 0 radical (unpaired) electrons. The molecular formula is C37H45N5O7. The van der Waals surface area contributed by atoms with Gasteiger partial charge in [-0.2, -0.15) is 0 Å². The second-order valence-electron chi connectivity index (χ2n) is 13.0. The van der Waals surface area contributed by atoms with E-state index in [-0.39, 0.29) is 43.5 Å². The number of hydroxylamine groups is 1. The first-order chi connectivity index (χ1) is 23.9. The van der Waals surface area contributed by atoms with Gasteiger partial charge >= 0.3 is 0 Å². The predicted octanol–water partition coefficient (Wildman–Crippen LogP) is 4.16. The van der Waals surface area contributed by atoms with Crippen molar-refractivity contribution in [1.82, 2.24) is 15.7 Å². The maximum Gasteiger partial charge on any atom is 0.247 e. The summed E-state index contributed by atoms with van der Waals surface area (Å²) in [6.45, 7) is 2.66. The van der Waals surface area contributed by atoms with E-state index in [0.29, 0.717) is 51.0 Å². The fraction of sp³-hybridized carbons (Fsp3) is 0.432. The topological polar surface area (TPSA) is 153 Å². The van der Waals surface area contributed by atoms with Crippen LogP contribution in [0.2, 0.25) is 0 Å². The highest BCUT2D eigenvalue weighted by molar-refractivity contribution is 5.93. The molecule has 3 amide bonds. The Morgan fingerprint density at radius 3 is 2.35 bits per heavy atom. The van der Waals surface area contributed by atoms with E-state index in [1.807, 2.05) is 66.7 Å². The molecule has 0 aliphatic carbocycles. The zero-order valence-corrected chi connectivity index (χ0v) is 27.6. The summed E-state index contributed by atoms with van der Waals surface area (Å²) in [5.41, 5.74) is 5.30. The molecule has 3 atom stereocenters. The number of nitrogens with one attached hydrogen (secondary N) is 3. The number of hydrogen-bond acceptors (Lipinski definition) is 9. The number of likely N-dealkylation sites (tertiary alicyclic amines) is 1. The van der Waals surface area contributed by atoms with E-state index in [2.05, 4.69) is 32.6 Å². The molecule has 3 aliphatic rings. The minimum Gasteiger partial charge on any atom is -0.392 e. The third kappa shape index (κ3) is 8.28. The third-order valence-corrected chi connectivity index (χ3v) is 9.79. The van der Waals surface area contributed by atoms with Gasteiger partial charge in [0.1, 0.15) is 5.54 Å². The molecule has 6 rings (SSSR count). The monoisotopic (exact) mass is 671 g/mol. The Morgan fingerprint density at radius 2 is 1.63 bits per heavy atom. The summed E-state index contributed by atoms with van der Waals surface area (Å²) in [6.07, 6.45) is 2.36. The average Bonchev–Trinajstić information content (AvgIpc) is 3.45. The number of piperidine rings is 1. The van der Waals surface area contributed by atoms with Crippen LogP contribution in [0, 0.1) is 0 Å². The quantitative estimate of drug-likeness (QED) is 0.109. The van der Waals surface area contributed by atoms with Gasteiger partial charge < -0.3 is 35.0 Å². The Hall–Kier alpha value is -4.33. The number of rotatable bonds is 12. The van der Waals surface area contributed by atoms with E-state index in [1.165, 1.54) is 0 Å². The number of hydrogen-bond donors (Lipinski definition) is 5. The summed E-state index contributed by atoms with van der Waals surface area (Å²) < 4.78 is 13.2. The highest BCUT2D eigenvalue weighted by atomic mass is 16.7. The third-order valence-electron chi connectivity index (χ3n) is 9.79. The van der Waals surface area contributed by atoms with Gasteiger partial charge in [-0.3, -0.25) is 19.6 Å². The van der Waals surface area contributed by atoms with Crippen molar-refractivity contribution in [2.24, 2.45) is 0 Å².